The third kappa shape index (κ3) is 5.71. The summed E-state index contributed by atoms with van der Waals surface area (Å²) in [5.41, 5.74) is 2.75. The van der Waals surface area contributed by atoms with Gasteiger partial charge in [0, 0.05) is 17.7 Å². The Morgan fingerprint density at radius 3 is 2.10 bits per heavy atom. The van der Waals surface area contributed by atoms with Crippen LogP contribution in [0.25, 0.3) is 22.5 Å². The summed E-state index contributed by atoms with van der Waals surface area (Å²) in [6.45, 7) is -0.199. The van der Waals surface area contributed by atoms with Crippen LogP contribution in [0.1, 0.15) is 12.8 Å². The minimum Gasteiger partial charge on any atom is -0.480 e. The van der Waals surface area contributed by atoms with E-state index in [1.165, 1.54) is 6.20 Å². The summed E-state index contributed by atoms with van der Waals surface area (Å²) in [5.74, 6) is -1.17. The number of ether oxygens (including phenoxy) is 1. The zero-order valence-electron chi connectivity index (χ0n) is 16.3. The quantitative estimate of drug-likeness (QED) is 0.495. The lowest BCUT2D eigenvalue weighted by molar-refractivity contribution is -0.142. The highest BCUT2D eigenvalue weighted by Gasteiger charge is 2.20. The van der Waals surface area contributed by atoms with Gasteiger partial charge in [0.15, 0.2) is 14.9 Å². The summed E-state index contributed by atoms with van der Waals surface area (Å²) in [6, 6.07) is 18.8. The number of carboxylic acid groups (broad SMARTS) is 1. The molecule has 0 saturated carbocycles. The number of aliphatic carboxylic acids is 1. The first-order valence-electron chi connectivity index (χ1n) is 9.47. The third-order valence-electron chi connectivity index (χ3n) is 4.34. The molecule has 1 N–H and O–H groups in total. The Balaban J connectivity index is 1.83. The maximum atomic E-state index is 12.8. The summed E-state index contributed by atoms with van der Waals surface area (Å²) >= 11 is 0. The van der Waals surface area contributed by atoms with Crippen LogP contribution < -0.4 is 0 Å². The molecular weight excluding hydrogens is 404 g/mol. The number of sulfone groups is 1. The maximum Gasteiger partial charge on any atom is 0.329 e. The molecular formula is C22H22N2O5S. The van der Waals surface area contributed by atoms with E-state index in [1.54, 1.807) is 0 Å². The molecule has 1 aromatic heterocycles. The minimum atomic E-state index is -3.64. The van der Waals surface area contributed by atoms with E-state index in [9.17, 15) is 13.2 Å². The Morgan fingerprint density at radius 2 is 1.50 bits per heavy atom. The van der Waals surface area contributed by atoms with E-state index in [-0.39, 0.29) is 24.0 Å². The number of carboxylic acids is 1. The third-order valence-corrected chi connectivity index (χ3v) is 6.00. The van der Waals surface area contributed by atoms with Crippen LogP contribution >= 0.6 is 0 Å². The molecule has 30 heavy (non-hydrogen) atoms. The van der Waals surface area contributed by atoms with Crippen molar-refractivity contribution in [3.63, 3.8) is 0 Å². The number of nitrogens with zero attached hydrogens (tertiary/aromatic N) is 2. The lowest BCUT2D eigenvalue weighted by atomic mass is 10.0. The second kappa shape index (κ2) is 10.1. The molecule has 0 aliphatic carbocycles. The van der Waals surface area contributed by atoms with E-state index in [1.807, 2.05) is 60.7 Å². The normalized spacial score (nSPS) is 11.3. The number of rotatable bonds is 10. The van der Waals surface area contributed by atoms with Gasteiger partial charge in [-0.05, 0) is 12.8 Å². The minimum absolute atomic E-state index is 0.0764. The van der Waals surface area contributed by atoms with Crippen LogP contribution in [0.3, 0.4) is 0 Å². The smallest absolute Gasteiger partial charge is 0.329 e. The first-order valence-corrected chi connectivity index (χ1v) is 11.1. The molecule has 0 unspecified atom stereocenters. The van der Waals surface area contributed by atoms with Crippen molar-refractivity contribution in [2.75, 3.05) is 19.0 Å². The van der Waals surface area contributed by atoms with Gasteiger partial charge < -0.3 is 9.84 Å². The number of carbonyl (C=O) groups is 1. The first-order chi connectivity index (χ1) is 14.5. The first kappa shape index (κ1) is 21.6. The fraction of sp³-hybridized carbons (Fsp3) is 0.227. The monoisotopic (exact) mass is 426 g/mol. The van der Waals surface area contributed by atoms with Crippen LogP contribution in [-0.4, -0.2) is 48.4 Å². The van der Waals surface area contributed by atoms with E-state index in [0.717, 1.165) is 11.1 Å². The Hall–Kier alpha value is -3.10. The molecule has 1 heterocycles. The van der Waals surface area contributed by atoms with Gasteiger partial charge in [-0.15, -0.1) is 0 Å². The van der Waals surface area contributed by atoms with E-state index in [0.29, 0.717) is 24.2 Å². The topological polar surface area (TPSA) is 106 Å². The van der Waals surface area contributed by atoms with Gasteiger partial charge in [-0.1, -0.05) is 60.7 Å². The molecule has 0 aliphatic heterocycles. The highest BCUT2D eigenvalue weighted by molar-refractivity contribution is 7.91. The SMILES string of the molecule is O=C(O)COCCCCS(=O)(=O)c1cnc(-c2ccccc2)c(-c2ccccc2)n1. The molecule has 0 aliphatic rings. The second-order valence-electron chi connectivity index (χ2n) is 6.61. The Kier molecular flexibility index (Phi) is 7.26. The van der Waals surface area contributed by atoms with Gasteiger partial charge in [-0.25, -0.2) is 18.2 Å². The average molecular weight is 426 g/mol. The Bertz CT molecular complexity index is 1090. The highest BCUT2D eigenvalue weighted by atomic mass is 32.2. The predicted octanol–water partition coefficient (Wildman–Crippen LogP) is 3.47. The summed E-state index contributed by atoms with van der Waals surface area (Å²) < 4.78 is 30.5. The second-order valence-corrected chi connectivity index (χ2v) is 8.67. The summed E-state index contributed by atoms with van der Waals surface area (Å²) in [4.78, 5) is 19.3. The van der Waals surface area contributed by atoms with E-state index in [2.05, 4.69) is 9.97 Å². The van der Waals surface area contributed by atoms with Gasteiger partial charge in [-0.2, -0.15) is 0 Å². The molecule has 0 fully saturated rings. The van der Waals surface area contributed by atoms with Crippen molar-refractivity contribution in [1.29, 1.82) is 0 Å². The number of hydrogen-bond donors (Lipinski definition) is 1. The molecule has 0 spiro atoms. The summed E-state index contributed by atoms with van der Waals surface area (Å²) in [6.07, 6.45) is 2.07. The standard InChI is InChI=1S/C22H22N2O5S/c25-20(26)16-29-13-7-8-14-30(27,28)19-15-23-21(17-9-3-1-4-10-17)22(24-19)18-11-5-2-6-12-18/h1-6,9-12,15H,7-8,13-14,16H2,(H,25,26). The molecule has 7 nitrogen and oxygen atoms in total. The predicted molar refractivity (Wildman–Crippen MR) is 113 cm³/mol. The van der Waals surface area contributed by atoms with Crippen LogP contribution in [0.5, 0.6) is 0 Å². The van der Waals surface area contributed by atoms with Gasteiger partial charge in [-0.3, -0.25) is 4.98 Å². The van der Waals surface area contributed by atoms with Gasteiger partial charge in [0.05, 0.1) is 23.3 Å². The molecule has 0 atom stereocenters. The van der Waals surface area contributed by atoms with Crippen molar-refractivity contribution in [1.82, 2.24) is 9.97 Å². The molecule has 0 saturated heterocycles. The van der Waals surface area contributed by atoms with Crippen LogP contribution in [0.2, 0.25) is 0 Å². The summed E-state index contributed by atoms with van der Waals surface area (Å²) in [7, 11) is -3.64. The molecule has 0 bridgehead atoms. The maximum absolute atomic E-state index is 12.8. The van der Waals surface area contributed by atoms with E-state index >= 15 is 0 Å². The molecule has 2 aromatic carbocycles. The van der Waals surface area contributed by atoms with Crippen molar-refractivity contribution >= 4 is 15.8 Å². The van der Waals surface area contributed by atoms with Crippen LogP contribution in [0, 0.1) is 0 Å². The number of aromatic nitrogens is 2. The zero-order chi connectivity index (χ0) is 21.4. The number of hydrogen-bond acceptors (Lipinski definition) is 6. The van der Waals surface area contributed by atoms with Gasteiger partial charge in [0.2, 0.25) is 0 Å². The van der Waals surface area contributed by atoms with Crippen LogP contribution in [-0.2, 0) is 19.4 Å². The summed E-state index contributed by atoms with van der Waals surface area (Å²) in [5, 5.41) is 8.46. The lowest BCUT2D eigenvalue weighted by Gasteiger charge is -2.11. The van der Waals surface area contributed by atoms with Gasteiger partial charge >= 0.3 is 5.97 Å². The zero-order valence-corrected chi connectivity index (χ0v) is 17.1. The molecule has 0 radical (unpaired) electrons. The van der Waals surface area contributed by atoms with Crippen molar-refractivity contribution in [2.45, 2.75) is 17.9 Å². The number of benzene rings is 2. The fourth-order valence-electron chi connectivity index (χ4n) is 2.89. The van der Waals surface area contributed by atoms with Crippen molar-refractivity contribution in [2.24, 2.45) is 0 Å². The van der Waals surface area contributed by atoms with Gasteiger partial charge in [0.25, 0.3) is 0 Å². The largest absolute Gasteiger partial charge is 0.480 e. The van der Waals surface area contributed by atoms with E-state index < -0.39 is 15.8 Å². The highest BCUT2D eigenvalue weighted by Crippen LogP contribution is 2.29. The van der Waals surface area contributed by atoms with E-state index in [4.69, 9.17) is 9.84 Å². The Morgan fingerprint density at radius 1 is 0.900 bits per heavy atom. The van der Waals surface area contributed by atoms with Crippen LogP contribution in [0.15, 0.2) is 71.9 Å². The number of unbranched alkanes of at least 4 members (excludes halogenated alkanes) is 1. The van der Waals surface area contributed by atoms with Crippen molar-refractivity contribution in [3.8, 4) is 22.5 Å². The average Bonchev–Trinajstić information content (AvgIpc) is 2.77. The lowest BCUT2D eigenvalue weighted by Crippen LogP contribution is -2.12. The van der Waals surface area contributed by atoms with Crippen molar-refractivity contribution in [3.05, 3.63) is 66.9 Å². The van der Waals surface area contributed by atoms with Crippen LogP contribution in [0.4, 0.5) is 0 Å². The molecule has 0 amide bonds. The molecule has 3 rings (SSSR count). The Labute approximate surface area is 175 Å². The van der Waals surface area contributed by atoms with Crippen molar-refractivity contribution < 1.29 is 23.1 Å². The molecule has 156 valence electrons. The molecule has 8 heteroatoms. The van der Waals surface area contributed by atoms with Gasteiger partial charge in [0.1, 0.15) is 6.61 Å². The fourth-order valence-corrected chi connectivity index (χ4v) is 4.12. The molecule has 3 aromatic rings.